The first-order valence-corrected chi connectivity index (χ1v) is 5.99. The van der Waals surface area contributed by atoms with Crippen LogP contribution in [0.3, 0.4) is 0 Å². The normalized spacial score (nSPS) is 10.8. The van der Waals surface area contributed by atoms with Crippen molar-refractivity contribution in [2.75, 3.05) is 0 Å². The fourth-order valence-electron chi connectivity index (χ4n) is 2.19. The van der Waals surface area contributed by atoms with Gasteiger partial charge < -0.3 is 5.11 Å². The second-order valence-electron chi connectivity index (χ2n) is 4.70. The van der Waals surface area contributed by atoms with Gasteiger partial charge in [-0.15, -0.1) is 0 Å². The van der Waals surface area contributed by atoms with Crippen LogP contribution >= 0.6 is 0 Å². The SMILES string of the molecule is Cc1c(C(C)C)ccc(-c2ccccc2)c1O. The van der Waals surface area contributed by atoms with Gasteiger partial charge in [0.1, 0.15) is 5.75 Å². The third-order valence-electron chi connectivity index (χ3n) is 3.18. The van der Waals surface area contributed by atoms with Gasteiger partial charge in [0.15, 0.2) is 0 Å². The summed E-state index contributed by atoms with van der Waals surface area (Å²) in [6.45, 7) is 6.27. The lowest BCUT2D eigenvalue weighted by Crippen LogP contribution is -1.93. The average molecular weight is 226 g/mol. The predicted octanol–water partition coefficient (Wildman–Crippen LogP) is 4.49. The van der Waals surface area contributed by atoms with Gasteiger partial charge in [0, 0.05) is 5.56 Å². The summed E-state index contributed by atoms with van der Waals surface area (Å²) in [5.41, 5.74) is 4.17. The first kappa shape index (κ1) is 11.7. The Balaban J connectivity index is 2.56. The molecule has 2 aromatic carbocycles. The van der Waals surface area contributed by atoms with Crippen LogP contribution in [0.2, 0.25) is 0 Å². The van der Waals surface area contributed by atoms with Gasteiger partial charge in [-0.1, -0.05) is 56.3 Å². The molecule has 17 heavy (non-hydrogen) atoms. The highest BCUT2D eigenvalue weighted by Crippen LogP contribution is 2.35. The second-order valence-corrected chi connectivity index (χ2v) is 4.70. The van der Waals surface area contributed by atoms with Crippen LogP contribution < -0.4 is 0 Å². The molecule has 0 radical (unpaired) electrons. The van der Waals surface area contributed by atoms with Crippen LogP contribution in [0.25, 0.3) is 11.1 Å². The van der Waals surface area contributed by atoms with Crippen LogP contribution in [0.1, 0.15) is 30.9 Å². The topological polar surface area (TPSA) is 20.2 Å². The van der Waals surface area contributed by atoms with Crippen LogP contribution in [0.15, 0.2) is 42.5 Å². The van der Waals surface area contributed by atoms with Crippen LogP contribution in [0.4, 0.5) is 0 Å². The number of rotatable bonds is 2. The van der Waals surface area contributed by atoms with E-state index in [0.717, 1.165) is 16.7 Å². The van der Waals surface area contributed by atoms with Crippen LogP contribution in [-0.4, -0.2) is 5.11 Å². The van der Waals surface area contributed by atoms with Crippen molar-refractivity contribution < 1.29 is 5.11 Å². The summed E-state index contributed by atoms with van der Waals surface area (Å²) >= 11 is 0. The summed E-state index contributed by atoms with van der Waals surface area (Å²) < 4.78 is 0. The highest BCUT2D eigenvalue weighted by molar-refractivity contribution is 5.72. The molecule has 0 amide bonds. The van der Waals surface area contributed by atoms with E-state index in [-0.39, 0.29) is 0 Å². The fraction of sp³-hybridized carbons (Fsp3) is 0.250. The molecule has 0 aromatic heterocycles. The summed E-state index contributed by atoms with van der Waals surface area (Å²) in [6.07, 6.45) is 0. The van der Waals surface area contributed by atoms with Crippen molar-refractivity contribution in [2.24, 2.45) is 0 Å². The maximum absolute atomic E-state index is 10.3. The molecule has 1 nitrogen and oxygen atoms in total. The van der Waals surface area contributed by atoms with Gasteiger partial charge in [-0.05, 0) is 29.5 Å². The van der Waals surface area contributed by atoms with E-state index in [1.807, 2.05) is 43.3 Å². The van der Waals surface area contributed by atoms with Crippen LogP contribution in [0, 0.1) is 6.92 Å². The number of hydrogen-bond donors (Lipinski definition) is 1. The van der Waals surface area contributed by atoms with E-state index in [1.54, 1.807) is 0 Å². The van der Waals surface area contributed by atoms with Gasteiger partial charge >= 0.3 is 0 Å². The molecule has 0 spiro atoms. The molecule has 0 aliphatic heterocycles. The smallest absolute Gasteiger partial charge is 0.126 e. The van der Waals surface area contributed by atoms with E-state index in [9.17, 15) is 5.11 Å². The van der Waals surface area contributed by atoms with Gasteiger partial charge in [0.25, 0.3) is 0 Å². The zero-order chi connectivity index (χ0) is 12.4. The standard InChI is InChI=1S/C16H18O/c1-11(2)14-9-10-15(16(17)12(14)3)13-7-5-4-6-8-13/h4-11,17H,1-3H3. The summed E-state index contributed by atoms with van der Waals surface area (Å²) in [4.78, 5) is 0. The molecule has 2 rings (SSSR count). The van der Waals surface area contributed by atoms with Crippen molar-refractivity contribution in [2.45, 2.75) is 26.7 Å². The van der Waals surface area contributed by atoms with E-state index < -0.39 is 0 Å². The third-order valence-corrected chi connectivity index (χ3v) is 3.18. The summed E-state index contributed by atoms with van der Waals surface area (Å²) in [5, 5.41) is 10.3. The first-order valence-electron chi connectivity index (χ1n) is 5.99. The first-order chi connectivity index (χ1) is 8.11. The molecule has 0 heterocycles. The van der Waals surface area contributed by atoms with Gasteiger partial charge in [-0.2, -0.15) is 0 Å². The molecule has 1 heteroatoms. The van der Waals surface area contributed by atoms with Gasteiger partial charge in [0.2, 0.25) is 0 Å². The van der Waals surface area contributed by atoms with E-state index >= 15 is 0 Å². The van der Waals surface area contributed by atoms with Crippen molar-refractivity contribution in [3.8, 4) is 16.9 Å². The lowest BCUT2D eigenvalue weighted by atomic mass is 9.93. The Bertz CT molecular complexity index is 513. The molecule has 0 atom stereocenters. The largest absolute Gasteiger partial charge is 0.507 e. The lowest BCUT2D eigenvalue weighted by Gasteiger charge is -2.14. The quantitative estimate of drug-likeness (QED) is 0.799. The van der Waals surface area contributed by atoms with Gasteiger partial charge in [-0.25, -0.2) is 0 Å². The van der Waals surface area contributed by atoms with E-state index in [0.29, 0.717) is 11.7 Å². The predicted molar refractivity (Wildman–Crippen MR) is 72.4 cm³/mol. The molecule has 0 aliphatic carbocycles. The fourth-order valence-corrected chi connectivity index (χ4v) is 2.19. The Labute approximate surface area is 103 Å². The van der Waals surface area contributed by atoms with Gasteiger partial charge in [0.05, 0.1) is 0 Å². The van der Waals surface area contributed by atoms with Gasteiger partial charge in [-0.3, -0.25) is 0 Å². The van der Waals surface area contributed by atoms with Crippen molar-refractivity contribution in [3.63, 3.8) is 0 Å². The summed E-state index contributed by atoms with van der Waals surface area (Å²) in [6, 6.07) is 14.1. The van der Waals surface area contributed by atoms with E-state index in [4.69, 9.17) is 0 Å². The Morgan fingerprint density at radius 2 is 1.59 bits per heavy atom. The lowest BCUT2D eigenvalue weighted by molar-refractivity contribution is 0.471. The Hall–Kier alpha value is -1.76. The Morgan fingerprint density at radius 1 is 0.941 bits per heavy atom. The number of aromatic hydroxyl groups is 1. The van der Waals surface area contributed by atoms with Crippen LogP contribution in [-0.2, 0) is 0 Å². The highest BCUT2D eigenvalue weighted by atomic mass is 16.3. The van der Waals surface area contributed by atoms with E-state index in [2.05, 4.69) is 19.9 Å². The van der Waals surface area contributed by atoms with Crippen molar-refractivity contribution >= 4 is 0 Å². The van der Waals surface area contributed by atoms with Crippen molar-refractivity contribution in [3.05, 3.63) is 53.6 Å². The summed E-state index contributed by atoms with van der Waals surface area (Å²) in [7, 11) is 0. The minimum atomic E-state index is 0.405. The Morgan fingerprint density at radius 3 is 2.18 bits per heavy atom. The Kier molecular flexibility index (Phi) is 3.19. The summed E-state index contributed by atoms with van der Waals surface area (Å²) in [5.74, 6) is 0.841. The van der Waals surface area contributed by atoms with Crippen molar-refractivity contribution in [1.29, 1.82) is 0 Å². The zero-order valence-corrected chi connectivity index (χ0v) is 10.6. The monoisotopic (exact) mass is 226 g/mol. The number of phenolic OH excluding ortho intramolecular Hbond substituents is 1. The van der Waals surface area contributed by atoms with Crippen molar-refractivity contribution in [1.82, 2.24) is 0 Å². The molecule has 1 N–H and O–H groups in total. The third kappa shape index (κ3) is 2.19. The molecule has 0 bridgehead atoms. The highest BCUT2D eigenvalue weighted by Gasteiger charge is 2.12. The maximum atomic E-state index is 10.3. The minimum absolute atomic E-state index is 0.405. The molecule has 88 valence electrons. The average Bonchev–Trinajstić information content (AvgIpc) is 2.33. The minimum Gasteiger partial charge on any atom is -0.507 e. The molecule has 2 aromatic rings. The van der Waals surface area contributed by atoms with E-state index in [1.165, 1.54) is 5.56 Å². The maximum Gasteiger partial charge on any atom is 0.126 e. The number of phenols is 1. The molecular formula is C16H18O. The molecule has 0 fully saturated rings. The zero-order valence-electron chi connectivity index (χ0n) is 10.6. The second kappa shape index (κ2) is 4.62. The number of hydrogen-bond acceptors (Lipinski definition) is 1. The van der Waals surface area contributed by atoms with Crippen LogP contribution in [0.5, 0.6) is 5.75 Å². The molecule has 0 saturated carbocycles. The molecule has 0 saturated heterocycles. The number of benzene rings is 2. The molecule has 0 aliphatic rings. The molecular weight excluding hydrogens is 208 g/mol. The molecule has 0 unspecified atom stereocenters.